The standard InChI is InChI=1S/C21H20N2O4/c1-15-5-7-16(8-6-15)20(24)18-4-3-11-23(18)12-13-27-19-10-9-17(14-22-19)21(25)26-2/h3-11,14H,12-13H2,1-2H3. The van der Waals surface area contributed by atoms with Crippen LogP contribution in [0.3, 0.4) is 0 Å². The Hall–Kier alpha value is -3.41. The lowest BCUT2D eigenvalue weighted by molar-refractivity contribution is 0.0600. The zero-order valence-corrected chi connectivity index (χ0v) is 15.2. The second-order valence-corrected chi connectivity index (χ2v) is 6.01. The van der Waals surface area contributed by atoms with Crippen LogP contribution < -0.4 is 4.74 Å². The number of aromatic nitrogens is 2. The van der Waals surface area contributed by atoms with Crippen LogP contribution in [0.1, 0.15) is 32.0 Å². The van der Waals surface area contributed by atoms with Gasteiger partial charge in [-0.3, -0.25) is 4.79 Å². The summed E-state index contributed by atoms with van der Waals surface area (Å²) < 4.78 is 12.1. The van der Waals surface area contributed by atoms with Gasteiger partial charge in [-0.15, -0.1) is 0 Å². The molecule has 0 saturated heterocycles. The van der Waals surface area contributed by atoms with Crippen LogP contribution in [0.15, 0.2) is 60.9 Å². The molecule has 0 spiro atoms. The fourth-order valence-electron chi connectivity index (χ4n) is 2.62. The van der Waals surface area contributed by atoms with Crippen molar-refractivity contribution in [1.82, 2.24) is 9.55 Å². The van der Waals surface area contributed by atoms with E-state index in [4.69, 9.17) is 4.74 Å². The normalized spacial score (nSPS) is 10.4. The van der Waals surface area contributed by atoms with Gasteiger partial charge in [0.1, 0.15) is 6.61 Å². The Morgan fingerprint density at radius 2 is 1.78 bits per heavy atom. The number of nitrogens with zero attached hydrogens (tertiary/aromatic N) is 2. The molecule has 27 heavy (non-hydrogen) atoms. The zero-order chi connectivity index (χ0) is 19.2. The summed E-state index contributed by atoms with van der Waals surface area (Å²) in [4.78, 5) is 28.2. The molecular formula is C21H20N2O4. The van der Waals surface area contributed by atoms with E-state index in [1.54, 1.807) is 18.2 Å². The molecule has 0 amide bonds. The summed E-state index contributed by atoms with van der Waals surface area (Å²) >= 11 is 0. The van der Waals surface area contributed by atoms with Crippen LogP contribution in [-0.2, 0) is 11.3 Å². The molecule has 0 bridgehead atoms. The van der Waals surface area contributed by atoms with E-state index >= 15 is 0 Å². The molecule has 0 unspecified atom stereocenters. The molecule has 1 aromatic carbocycles. The van der Waals surface area contributed by atoms with Gasteiger partial charge in [-0.2, -0.15) is 0 Å². The number of benzene rings is 1. The van der Waals surface area contributed by atoms with Crippen LogP contribution in [0.5, 0.6) is 5.88 Å². The minimum atomic E-state index is -0.444. The molecule has 0 aliphatic heterocycles. The topological polar surface area (TPSA) is 70.4 Å². The van der Waals surface area contributed by atoms with E-state index in [9.17, 15) is 9.59 Å². The Bertz CT molecular complexity index is 928. The van der Waals surface area contributed by atoms with E-state index < -0.39 is 5.97 Å². The zero-order valence-electron chi connectivity index (χ0n) is 15.2. The van der Waals surface area contributed by atoms with Crippen molar-refractivity contribution in [1.29, 1.82) is 0 Å². The second kappa shape index (κ2) is 8.31. The number of carbonyl (C=O) groups is 2. The highest BCUT2D eigenvalue weighted by molar-refractivity contribution is 6.08. The fourth-order valence-corrected chi connectivity index (χ4v) is 2.62. The van der Waals surface area contributed by atoms with Crippen molar-refractivity contribution >= 4 is 11.8 Å². The van der Waals surface area contributed by atoms with E-state index in [1.807, 2.05) is 48.0 Å². The average molecular weight is 364 g/mol. The smallest absolute Gasteiger partial charge is 0.339 e. The van der Waals surface area contributed by atoms with Gasteiger partial charge in [-0.1, -0.05) is 29.8 Å². The number of methoxy groups -OCH3 is 1. The van der Waals surface area contributed by atoms with Crippen molar-refractivity contribution in [3.05, 3.63) is 83.3 Å². The monoisotopic (exact) mass is 364 g/mol. The predicted molar refractivity (Wildman–Crippen MR) is 100 cm³/mol. The number of ether oxygens (including phenoxy) is 2. The third-order valence-electron chi connectivity index (χ3n) is 4.12. The van der Waals surface area contributed by atoms with Gasteiger partial charge >= 0.3 is 5.97 Å². The summed E-state index contributed by atoms with van der Waals surface area (Å²) in [6.07, 6.45) is 3.25. The van der Waals surface area contributed by atoms with Gasteiger partial charge in [-0.05, 0) is 25.1 Å². The molecule has 2 aromatic heterocycles. The molecule has 0 N–H and O–H groups in total. The molecule has 0 aliphatic rings. The van der Waals surface area contributed by atoms with Gasteiger partial charge < -0.3 is 14.0 Å². The van der Waals surface area contributed by atoms with Gasteiger partial charge in [0, 0.05) is 24.0 Å². The fraction of sp³-hybridized carbons (Fsp3) is 0.190. The van der Waals surface area contributed by atoms with E-state index in [0.29, 0.717) is 35.9 Å². The molecule has 6 heteroatoms. The van der Waals surface area contributed by atoms with Crippen molar-refractivity contribution in [2.75, 3.05) is 13.7 Å². The molecule has 6 nitrogen and oxygen atoms in total. The average Bonchev–Trinajstić information content (AvgIpc) is 3.16. The molecule has 3 rings (SSSR count). The number of esters is 1. The largest absolute Gasteiger partial charge is 0.476 e. The molecular weight excluding hydrogens is 344 g/mol. The Balaban J connectivity index is 1.61. The van der Waals surface area contributed by atoms with Gasteiger partial charge in [-0.25, -0.2) is 9.78 Å². The first-order chi connectivity index (χ1) is 13.1. The number of pyridine rings is 1. The second-order valence-electron chi connectivity index (χ2n) is 6.01. The van der Waals surface area contributed by atoms with Gasteiger partial charge in [0.05, 0.1) is 24.9 Å². The third kappa shape index (κ3) is 4.41. The molecule has 0 atom stereocenters. The highest BCUT2D eigenvalue weighted by atomic mass is 16.5. The van der Waals surface area contributed by atoms with Gasteiger partial charge in [0.25, 0.3) is 0 Å². The maximum Gasteiger partial charge on any atom is 0.339 e. The number of aryl methyl sites for hydroxylation is 1. The van der Waals surface area contributed by atoms with Crippen LogP contribution in [0, 0.1) is 6.92 Å². The Labute approximate surface area is 157 Å². The van der Waals surface area contributed by atoms with Crippen molar-refractivity contribution < 1.29 is 19.1 Å². The number of rotatable bonds is 7. The maximum atomic E-state index is 12.7. The molecule has 138 valence electrons. The third-order valence-corrected chi connectivity index (χ3v) is 4.12. The first kappa shape index (κ1) is 18.4. The van der Waals surface area contributed by atoms with Crippen LogP contribution in [0.2, 0.25) is 0 Å². The molecule has 0 aliphatic carbocycles. The molecule has 0 radical (unpaired) electrons. The Morgan fingerprint density at radius 3 is 2.44 bits per heavy atom. The lowest BCUT2D eigenvalue weighted by Crippen LogP contribution is -2.14. The maximum absolute atomic E-state index is 12.7. The minimum Gasteiger partial charge on any atom is -0.476 e. The van der Waals surface area contributed by atoms with Crippen LogP contribution in [0.4, 0.5) is 0 Å². The first-order valence-electron chi connectivity index (χ1n) is 8.52. The van der Waals surface area contributed by atoms with Crippen molar-refractivity contribution in [2.45, 2.75) is 13.5 Å². The summed E-state index contributed by atoms with van der Waals surface area (Å²) in [6, 6.07) is 14.4. The Morgan fingerprint density at radius 1 is 1.04 bits per heavy atom. The van der Waals surface area contributed by atoms with Crippen LogP contribution in [0.25, 0.3) is 0 Å². The highest BCUT2D eigenvalue weighted by Crippen LogP contribution is 2.13. The number of carbonyl (C=O) groups excluding carboxylic acids is 2. The molecule has 0 fully saturated rings. The van der Waals surface area contributed by atoms with E-state index in [-0.39, 0.29) is 5.78 Å². The molecule has 2 heterocycles. The summed E-state index contributed by atoms with van der Waals surface area (Å²) in [5.74, 6) is -0.0672. The summed E-state index contributed by atoms with van der Waals surface area (Å²) in [5.41, 5.74) is 2.74. The minimum absolute atomic E-state index is 0.0273. The summed E-state index contributed by atoms with van der Waals surface area (Å²) in [7, 11) is 1.32. The number of hydrogen-bond acceptors (Lipinski definition) is 5. The lowest BCUT2D eigenvalue weighted by atomic mass is 10.1. The van der Waals surface area contributed by atoms with Gasteiger partial charge in [0.2, 0.25) is 11.7 Å². The first-order valence-corrected chi connectivity index (χ1v) is 8.52. The Kier molecular flexibility index (Phi) is 5.66. The van der Waals surface area contributed by atoms with Crippen molar-refractivity contribution in [3.8, 4) is 5.88 Å². The quantitative estimate of drug-likeness (QED) is 0.475. The van der Waals surface area contributed by atoms with Crippen LogP contribution >= 0.6 is 0 Å². The summed E-state index contributed by atoms with van der Waals surface area (Å²) in [6.45, 7) is 2.83. The van der Waals surface area contributed by atoms with Crippen molar-refractivity contribution in [3.63, 3.8) is 0 Å². The van der Waals surface area contributed by atoms with E-state index in [0.717, 1.165) is 5.56 Å². The SMILES string of the molecule is COC(=O)c1ccc(OCCn2cccc2C(=O)c2ccc(C)cc2)nc1. The highest BCUT2D eigenvalue weighted by Gasteiger charge is 2.13. The molecule has 0 saturated carbocycles. The molecule has 3 aromatic rings. The predicted octanol–water partition coefficient (Wildman–Crippen LogP) is 3.29. The van der Waals surface area contributed by atoms with Gasteiger partial charge in [0.15, 0.2) is 0 Å². The summed E-state index contributed by atoms with van der Waals surface area (Å²) in [5, 5.41) is 0. The van der Waals surface area contributed by atoms with E-state index in [1.165, 1.54) is 13.3 Å². The van der Waals surface area contributed by atoms with Crippen molar-refractivity contribution in [2.24, 2.45) is 0 Å². The number of ketones is 1. The lowest BCUT2D eigenvalue weighted by Gasteiger charge is -2.10. The van der Waals surface area contributed by atoms with Crippen LogP contribution in [-0.4, -0.2) is 35.0 Å². The number of hydrogen-bond donors (Lipinski definition) is 0. The van der Waals surface area contributed by atoms with E-state index in [2.05, 4.69) is 9.72 Å².